The number of likely N-dealkylation sites (N-methyl/N-ethyl adjacent to an activating group) is 1. The van der Waals surface area contributed by atoms with E-state index >= 15 is 0 Å². The molecule has 0 saturated heterocycles. The molecule has 1 aromatic heterocycles. The van der Waals surface area contributed by atoms with Crippen molar-refractivity contribution in [3.63, 3.8) is 0 Å². The Labute approximate surface area is 105 Å². The van der Waals surface area contributed by atoms with Crippen molar-refractivity contribution in [3.05, 3.63) is 29.8 Å². The summed E-state index contributed by atoms with van der Waals surface area (Å²) in [4.78, 5) is 28.3. The molecule has 0 atom stereocenters. The molecule has 0 saturated carbocycles. The van der Waals surface area contributed by atoms with Crippen molar-refractivity contribution in [1.29, 1.82) is 0 Å². The van der Waals surface area contributed by atoms with Gasteiger partial charge in [-0.05, 0) is 12.5 Å². The summed E-state index contributed by atoms with van der Waals surface area (Å²) in [5, 5.41) is 2.44. The minimum Gasteiger partial charge on any atom is -0.358 e. The molecule has 0 aliphatic carbocycles. The SMILES string of the molecule is CCCN(CC(=O)NC)C(=O)c1ccncc1F. The summed E-state index contributed by atoms with van der Waals surface area (Å²) in [7, 11) is 1.49. The van der Waals surface area contributed by atoms with Gasteiger partial charge in [0.2, 0.25) is 5.91 Å². The maximum absolute atomic E-state index is 13.4. The van der Waals surface area contributed by atoms with Gasteiger partial charge in [0.15, 0.2) is 5.82 Å². The third kappa shape index (κ3) is 3.51. The molecule has 0 aromatic carbocycles. The minimum absolute atomic E-state index is 0.0673. The number of pyridine rings is 1. The van der Waals surface area contributed by atoms with Gasteiger partial charge in [0.05, 0.1) is 18.3 Å². The maximum Gasteiger partial charge on any atom is 0.257 e. The van der Waals surface area contributed by atoms with Gasteiger partial charge in [-0.25, -0.2) is 4.39 Å². The third-order valence-electron chi connectivity index (χ3n) is 2.40. The maximum atomic E-state index is 13.4. The summed E-state index contributed by atoms with van der Waals surface area (Å²) < 4.78 is 13.4. The predicted octanol–water partition coefficient (Wildman–Crippen LogP) is 0.819. The smallest absolute Gasteiger partial charge is 0.257 e. The van der Waals surface area contributed by atoms with Crippen molar-refractivity contribution in [1.82, 2.24) is 15.2 Å². The molecule has 0 unspecified atom stereocenters. The van der Waals surface area contributed by atoms with E-state index in [-0.39, 0.29) is 18.0 Å². The molecule has 6 heteroatoms. The molecule has 0 aliphatic heterocycles. The summed E-state index contributed by atoms with van der Waals surface area (Å²) in [5.74, 6) is -1.47. The molecule has 1 N–H and O–H groups in total. The third-order valence-corrected chi connectivity index (χ3v) is 2.40. The van der Waals surface area contributed by atoms with Crippen molar-refractivity contribution in [3.8, 4) is 0 Å². The lowest BCUT2D eigenvalue weighted by molar-refractivity contribution is -0.121. The Bertz CT molecular complexity index is 437. The zero-order chi connectivity index (χ0) is 13.5. The second-order valence-electron chi connectivity index (χ2n) is 3.76. The zero-order valence-corrected chi connectivity index (χ0v) is 10.4. The number of aromatic nitrogens is 1. The quantitative estimate of drug-likeness (QED) is 0.845. The Balaban J connectivity index is 2.89. The largest absolute Gasteiger partial charge is 0.358 e. The standard InChI is InChI=1S/C12H16FN3O2/c1-3-6-16(8-11(17)14-2)12(18)9-4-5-15-7-10(9)13/h4-5,7H,3,6,8H2,1-2H3,(H,14,17). The van der Waals surface area contributed by atoms with E-state index in [0.29, 0.717) is 13.0 Å². The van der Waals surface area contributed by atoms with Crippen LogP contribution in [0.5, 0.6) is 0 Å². The highest BCUT2D eigenvalue weighted by Gasteiger charge is 2.20. The van der Waals surface area contributed by atoms with E-state index in [2.05, 4.69) is 10.3 Å². The van der Waals surface area contributed by atoms with Gasteiger partial charge >= 0.3 is 0 Å². The van der Waals surface area contributed by atoms with Gasteiger partial charge < -0.3 is 10.2 Å². The molecule has 0 spiro atoms. The van der Waals surface area contributed by atoms with E-state index in [4.69, 9.17) is 0 Å². The van der Waals surface area contributed by atoms with E-state index in [9.17, 15) is 14.0 Å². The predicted molar refractivity (Wildman–Crippen MR) is 64.5 cm³/mol. The van der Waals surface area contributed by atoms with Gasteiger partial charge in [-0.1, -0.05) is 6.92 Å². The minimum atomic E-state index is -0.680. The molecule has 2 amide bonds. The number of carbonyl (C=O) groups excluding carboxylic acids is 2. The lowest BCUT2D eigenvalue weighted by atomic mass is 10.2. The number of hydrogen-bond acceptors (Lipinski definition) is 3. The Kier molecular flexibility index (Phi) is 5.23. The first-order chi connectivity index (χ1) is 8.60. The Morgan fingerprint density at radius 2 is 2.22 bits per heavy atom. The zero-order valence-electron chi connectivity index (χ0n) is 10.4. The number of rotatable bonds is 5. The summed E-state index contributed by atoms with van der Waals surface area (Å²) in [6, 6.07) is 1.31. The fourth-order valence-corrected chi connectivity index (χ4v) is 1.49. The number of halogens is 1. The number of hydrogen-bond donors (Lipinski definition) is 1. The van der Waals surface area contributed by atoms with Crippen LogP contribution in [0.4, 0.5) is 4.39 Å². The van der Waals surface area contributed by atoms with Gasteiger partial charge in [-0.3, -0.25) is 14.6 Å². The number of nitrogens with zero attached hydrogens (tertiary/aromatic N) is 2. The van der Waals surface area contributed by atoms with E-state index < -0.39 is 11.7 Å². The lowest BCUT2D eigenvalue weighted by Crippen LogP contribution is -2.40. The lowest BCUT2D eigenvalue weighted by Gasteiger charge is -2.21. The molecular formula is C12H16FN3O2. The summed E-state index contributed by atoms with van der Waals surface area (Å²) in [5.41, 5.74) is -0.0673. The molecule has 1 aromatic rings. The Hall–Kier alpha value is -1.98. The van der Waals surface area contributed by atoms with Crippen molar-refractivity contribution >= 4 is 11.8 Å². The van der Waals surface area contributed by atoms with Crippen molar-refractivity contribution < 1.29 is 14.0 Å². The monoisotopic (exact) mass is 253 g/mol. The fraction of sp³-hybridized carbons (Fsp3) is 0.417. The van der Waals surface area contributed by atoms with E-state index in [1.54, 1.807) is 0 Å². The van der Waals surface area contributed by atoms with Crippen LogP contribution in [0.2, 0.25) is 0 Å². The average Bonchev–Trinajstić information content (AvgIpc) is 2.38. The van der Waals surface area contributed by atoms with Crippen LogP contribution in [0.3, 0.4) is 0 Å². The van der Waals surface area contributed by atoms with Crippen molar-refractivity contribution in [2.24, 2.45) is 0 Å². The van der Waals surface area contributed by atoms with Crippen LogP contribution in [0.1, 0.15) is 23.7 Å². The molecule has 0 radical (unpaired) electrons. The molecule has 1 rings (SSSR count). The second-order valence-corrected chi connectivity index (χ2v) is 3.76. The van der Waals surface area contributed by atoms with Crippen LogP contribution in [0.25, 0.3) is 0 Å². The van der Waals surface area contributed by atoms with E-state index in [1.165, 1.54) is 24.2 Å². The molecule has 0 bridgehead atoms. The summed E-state index contributed by atoms with van der Waals surface area (Å²) in [6.07, 6.45) is 3.02. The van der Waals surface area contributed by atoms with Gasteiger partial charge in [0.1, 0.15) is 0 Å². The van der Waals surface area contributed by atoms with Crippen molar-refractivity contribution in [2.75, 3.05) is 20.1 Å². The molecule has 5 nitrogen and oxygen atoms in total. The number of amides is 2. The van der Waals surface area contributed by atoms with E-state index in [0.717, 1.165) is 6.20 Å². The van der Waals surface area contributed by atoms with Crippen LogP contribution in [-0.4, -0.2) is 41.8 Å². The van der Waals surface area contributed by atoms with Crippen LogP contribution >= 0.6 is 0 Å². The summed E-state index contributed by atoms with van der Waals surface area (Å²) >= 11 is 0. The molecule has 98 valence electrons. The Morgan fingerprint density at radius 1 is 1.50 bits per heavy atom. The van der Waals surface area contributed by atoms with Crippen LogP contribution in [-0.2, 0) is 4.79 Å². The molecular weight excluding hydrogens is 237 g/mol. The highest BCUT2D eigenvalue weighted by Crippen LogP contribution is 2.09. The summed E-state index contributed by atoms with van der Waals surface area (Å²) in [6.45, 7) is 2.20. The number of carbonyl (C=O) groups is 2. The molecule has 0 fully saturated rings. The molecule has 0 aliphatic rings. The molecule has 18 heavy (non-hydrogen) atoms. The van der Waals surface area contributed by atoms with Gasteiger partial charge in [0.25, 0.3) is 5.91 Å². The van der Waals surface area contributed by atoms with Crippen LogP contribution < -0.4 is 5.32 Å². The first kappa shape index (κ1) is 14.1. The number of nitrogens with one attached hydrogen (secondary N) is 1. The van der Waals surface area contributed by atoms with Gasteiger partial charge in [-0.2, -0.15) is 0 Å². The average molecular weight is 253 g/mol. The first-order valence-electron chi connectivity index (χ1n) is 5.69. The normalized spacial score (nSPS) is 9.94. The van der Waals surface area contributed by atoms with Gasteiger partial charge in [0, 0.05) is 19.8 Å². The topological polar surface area (TPSA) is 62.3 Å². The highest BCUT2D eigenvalue weighted by molar-refractivity contribution is 5.96. The Morgan fingerprint density at radius 3 is 2.78 bits per heavy atom. The van der Waals surface area contributed by atoms with Crippen molar-refractivity contribution in [2.45, 2.75) is 13.3 Å². The van der Waals surface area contributed by atoms with Gasteiger partial charge in [-0.15, -0.1) is 0 Å². The van der Waals surface area contributed by atoms with Crippen LogP contribution in [0.15, 0.2) is 18.5 Å². The molecule has 1 heterocycles. The van der Waals surface area contributed by atoms with Crippen LogP contribution in [0, 0.1) is 5.82 Å². The highest BCUT2D eigenvalue weighted by atomic mass is 19.1. The first-order valence-corrected chi connectivity index (χ1v) is 5.69. The second kappa shape index (κ2) is 6.68. The fourth-order valence-electron chi connectivity index (χ4n) is 1.49. The van der Waals surface area contributed by atoms with E-state index in [1.807, 2.05) is 6.92 Å².